The van der Waals surface area contributed by atoms with E-state index in [2.05, 4.69) is 30.8 Å². The Morgan fingerprint density at radius 1 is 1.24 bits per heavy atom. The van der Waals surface area contributed by atoms with Gasteiger partial charge in [-0.05, 0) is 6.42 Å². The summed E-state index contributed by atoms with van der Waals surface area (Å²) in [5.41, 5.74) is 5.24. The predicted molar refractivity (Wildman–Crippen MR) is 79.0 cm³/mol. The maximum Gasteiger partial charge on any atom is 0.324 e. The second kappa shape index (κ2) is 9.47. The first kappa shape index (κ1) is 19.5. The monoisotopic (exact) mass is 339 g/mol. The molecule has 0 aromatic carbocycles. The van der Waals surface area contributed by atoms with Crippen LogP contribution in [0.15, 0.2) is 0 Å². The zero-order valence-electron chi connectivity index (χ0n) is 10.9. The molecule has 0 aliphatic heterocycles. The van der Waals surface area contributed by atoms with E-state index in [4.69, 9.17) is 15.9 Å². The third kappa shape index (κ3) is 7.78. The summed E-state index contributed by atoms with van der Waals surface area (Å²) in [7, 11) is 0. The highest BCUT2D eigenvalue weighted by Gasteiger charge is 2.25. The molecule has 21 heavy (non-hydrogen) atoms. The summed E-state index contributed by atoms with van der Waals surface area (Å²) in [6.07, 6.45) is -0.273. The zero-order valence-corrected chi connectivity index (χ0v) is 12.7. The van der Waals surface area contributed by atoms with Crippen LogP contribution >= 0.6 is 25.4 Å². The highest BCUT2D eigenvalue weighted by molar-refractivity contribution is 7.80. The first-order valence-corrected chi connectivity index (χ1v) is 6.83. The number of carboxylic acid groups (broad SMARTS) is 2. The molecule has 0 aliphatic carbocycles. The Labute approximate surface area is 131 Å². The van der Waals surface area contributed by atoms with Gasteiger partial charge in [0.15, 0.2) is 0 Å². The van der Waals surface area contributed by atoms with Crippen molar-refractivity contribution in [2.75, 3.05) is 12.3 Å². The molecule has 2 unspecified atom stereocenters. The second-order valence-corrected chi connectivity index (χ2v) is 4.92. The van der Waals surface area contributed by atoms with Crippen molar-refractivity contribution in [2.24, 2.45) is 5.73 Å². The zero-order chi connectivity index (χ0) is 16.6. The van der Waals surface area contributed by atoms with Gasteiger partial charge in [0.05, 0.1) is 0 Å². The van der Waals surface area contributed by atoms with Gasteiger partial charge in [-0.3, -0.25) is 23.5 Å². The quantitative estimate of drug-likeness (QED) is 0.276. The van der Waals surface area contributed by atoms with E-state index in [0.717, 1.165) is 0 Å². The molecule has 0 saturated heterocycles. The summed E-state index contributed by atoms with van der Waals surface area (Å²) in [6, 6.07) is -2.23. The molecule has 0 heterocycles. The van der Waals surface area contributed by atoms with Gasteiger partial charge < -0.3 is 21.3 Å². The van der Waals surface area contributed by atoms with Crippen LogP contribution in [0.25, 0.3) is 0 Å². The molecule has 2 atom stereocenters. The molecule has 0 fully saturated rings. The number of carboxylic acids is 2. The lowest BCUT2D eigenvalue weighted by Crippen LogP contribution is -2.48. The molecule has 0 bridgehead atoms. The number of carbonyl (C=O) groups excluding carboxylic acids is 2. The van der Waals surface area contributed by atoms with Gasteiger partial charge in [-0.25, -0.2) is 0 Å². The summed E-state index contributed by atoms with van der Waals surface area (Å²) >= 11 is 7.61. The number of nitrogens with two attached hydrogens (primary N) is 1. The first-order chi connectivity index (χ1) is 9.68. The molecule has 0 rings (SSSR count). The van der Waals surface area contributed by atoms with E-state index in [1.165, 1.54) is 0 Å². The van der Waals surface area contributed by atoms with E-state index in [9.17, 15) is 19.2 Å². The highest BCUT2D eigenvalue weighted by Crippen LogP contribution is 2.03. The summed E-state index contributed by atoms with van der Waals surface area (Å²) in [5, 5.41) is 19.4. The van der Waals surface area contributed by atoms with Crippen LogP contribution < -0.4 is 11.1 Å². The molecule has 0 spiro atoms. The van der Waals surface area contributed by atoms with Crippen molar-refractivity contribution in [3.05, 3.63) is 0 Å². The van der Waals surface area contributed by atoms with E-state index >= 15 is 0 Å². The van der Waals surface area contributed by atoms with Crippen molar-refractivity contribution in [2.45, 2.75) is 24.9 Å². The fraction of sp³-hybridized carbons (Fsp3) is 0.600. The number of carbonyl (C=O) groups is 4. The minimum Gasteiger partial charge on any atom is -0.480 e. The molecule has 2 amide bonds. The van der Waals surface area contributed by atoms with Crippen LogP contribution in [-0.4, -0.2) is 62.7 Å². The number of hydrogen-bond acceptors (Lipinski definition) is 7. The first-order valence-electron chi connectivity index (χ1n) is 5.79. The van der Waals surface area contributed by atoms with Gasteiger partial charge in [0.25, 0.3) is 5.91 Å². The maximum absolute atomic E-state index is 11.8. The topological polar surface area (TPSA) is 150 Å². The van der Waals surface area contributed by atoms with Crippen LogP contribution in [0.3, 0.4) is 0 Å². The lowest BCUT2D eigenvalue weighted by atomic mass is 10.1. The molecule has 0 aliphatic rings. The number of nitrogens with zero attached hydrogens (tertiary/aromatic N) is 1. The standard InChI is InChI=1S/C10H17N3O6S2/c11-5(10(18)19)1-2-7(14)12-6(4-20)9(17)13(21)3-8(15)16/h5-6,20-21H,1-4,11H2,(H,12,14)(H,15,16)(H,18,19). The number of rotatable bonds is 9. The fourth-order valence-electron chi connectivity index (χ4n) is 1.25. The van der Waals surface area contributed by atoms with Gasteiger partial charge in [-0.1, -0.05) is 12.8 Å². The molecule has 0 saturated carbocycles. The van der Waals surface area contributed by atoms with Crippen LogP contribution in [0.1, 0.15) is 12.8 Å². The van der Waals surface area contributed by atoms with E-state index < -0.39 is 42.4 Å². The van der Waals surface area contributed by atoms with Crippen molar-refractivity contribution in [3.63, 3.8) is 0 Å². The number of aliphatic carboxylic acids is 2. The van der Waals surface area contributed by atoms with Crippen LogP contribution in [0.2, 0.25) is 0 Å². The summed E-state index contributed by atoms with van der Waals surface area (Å²) < 4.78 is 0.645. The average Bonchev–Trinajstić information content (AvgIpc) is 2.40. The van der Waals surface area contributed by atoms with Crippen LogP contribution in [0.5, 0.6) is 0 Å². The Balaban J connectivity index is 4.42. The molecular weight excluding hydrogens is 322 g/mol. The van der Waals surface area contributed by atoms with Crippen LogP contribution in [0.4, 0.5) is 0 Å². The van der Waals surface area contributed by atoms with Crippen LogP contribution in [0, 0.1) is 0 Å². The van der Waals surface area contributed by atoms with Crippen molar-refractivity contribution < 1.29 is 29.4 Å². The Bertz CT molecular complexity index is 420. The average molecular weight is 339 g/mol. The van der Waals surface area contributed by atoms with E-state index in [1.807, 2.05) is 0 Å². The lowest BCUT2D eigenvalue weighted by molar-refractivity contribution is -0.141. The molecule has 9 nitrogen and oxygen atoms in total. The molecule has 0 aromatic rings. The molecule has 11 heteroatoms. The Hall–Kier alpha value is -1.46. The van der Waals surface area contributed by atoms with Gasteiger partial charge in [0.2, 0.25) is 5.91 Å². The Morgan fingerprint density at radius 2 is 1.81 bits per heavy atom. The van der Waals surface area contributed by atoms with Crippen molar-refractivity contribution >= 4 is 49.2 Å². The summed E-state index contributed by atoms with van der Waals surface area (Å²) in [4.78, 5) is 44.3. The fourth-order valence-corrected chi connectivity index (χ4v) is 1.76. The number of amides is 2. The largest absolute Gasteiger partial charge is 0.480 e. The summed E-state index contributed by atoms with van der Waals surface area (Å²) in [6.45, 7) is -0.633. The second-order valence-electron chi connectivity index (χ2n) is 4.08. The smallest absolute Gasteiger partial charge is 0.324 e. The van der Waals surface area contributed by atoms with Crippen molar-refractivity contribution in [3.8, 4) is 0 Å². The van der Waals surface area contributed by atoms with Gasteiger partial charge in [-0.15, -0.1) is 0 Å². The van der Waals surface area contributed by atoms with Gasteiger partial charge in [0, 0.05) is 12.2 Å². The highest BCUT2D eigenvalue weighted by atomic mass is 32.1. The minimum absolute atomic E-state index is 0.0633. The maximum atomic E-state index is 11.8. The molecule has 5 N–H and O–H groups in total. The molecular formula is C10H17N3O6S2. The SMILES string of the molecule is NC(CCC(=O)NC(CS)C(=O)N(S)CC(=O)O)C(=O)O. The predicted octanol–water partition coefficient (Wildman–Crippen LogP) is -1.65. The third-order valence-electron chi connectivity index (χ3n) is 2.35. The van der Waals surface area contributed by atoms with E-state index in [1.54, 1.807) is 0 Å². The van der Waals surface area contributed by atoms with E-state index in [-0.39, 0.29) is 18.6 Å². The van der Waals surface area contributed by atoms with Gasteiger partial charge in [-0.2, -0.15) is 12.6 Å². The van der Waals surface area contributed by atoms with Crippen molar-refractivity contribution in [1.29, 1.82) is 0 Å². The Kier molecular flexibility index (Phi) is 8.81. The minimum atomic E-state index is -1.25. The third-order valence-corrected chi connectivity index (χ3v) is 3.06. The van der Waals surface area contributed by atoms with E-state index in [0.29, 0.717) is 4.31 Å². The molecule has 0 aromatic heterocycles. The molecule has 120 valence electrons. The number of hydrogen-bond donors (Lipinski definition) is 6. The van der Waals surface area contributed by atoms with Crippen LogP contribution in [-0.2, 0) is 19.2 Å². The van der Waals surface area contributed by atoms with Gasteiger partial charge in [0.1, 0.15) is 18.6 Å². The molecule has 0 radical (unpaired) electrons. The normalized spacial score (nSPS) is 13.1. The van der Waals surface area contributed by atoms with Crippen molar-refractivity contribution in [1.82, 2.24) is 9.62 Å². The number of thiol groups is 2. The number of nitrogens with one attached hydrogen (secondary N) is 1. The van der Waals surface area contributed by atoms with Gasteiger partial charge >= 0.3 is 11.9 Å². The summed E-state index contributed by atoms with van der Waals surface area (Å²) in [5.74, 6) is -3.86. The Morgan fingerprint density at radius 3 is 2.24 bits per heavy atom. The lowest BCUT2D eigenvalue weighted by Gasteiger charge is -2.21.